The van der Waals surface area contributed by atoms with E-state index in [1.165, 1.54) is 0 Å². The van der Waals surface area contributed by atoms with Crippen LogP contribution in [-0.2, 0) is 0 Å². The van der Waals surface area contributed by atoms with Crippen LogP contribution in [-0.4, -0.2) is 49.4 Å². The van der Waals surface area contributed by atoms with E-state index in [9.17, 15) is 4.79 Å². The van der Waals surface area contributed by atoms with Crippen LogP contribution < -0.4 is 20.3 Å². The molecule has 1 aliphatic heterocycles. The predicted molar refractivity (Wildman–Crippen MR) is 97.3 cm³/mol. The molecule has 2 aromatic rings. The largest absolute Gasteiger partial charge is 0.497 e. The van der Waals surface area contributed by atoms with Gasteiger partial charge in [0.1, 0.15) is 5.75 Å². The van der Waals surface area contributed by atoms with Gasteiger partial charge in [-0.05, 0) is 37.1 Å². The Morgan fingerprint density at radius 1 is 1.20 bits per heavy atom. The zero-order valence-corrected chi connectivity index (χ0v) is 14.5. The molecule has 7 nitrogen and oxygen atoms in total. The van der Waals surface area contributed by atoms with Crippen LogP contribution in [0.2, 0.25) is 0 Å². The molecule has 25 heavy (non-hydrogen) atoms. The van der Waals surface area contributed by atoms with Gasteiger partial charge in [-0.25, -0.2) is 0 Å². The monoisotopic (exact) mass is 341 g/mol. The number of nitrogens with zero attached hydrogens (tertiary/aromatic N) is 3. The number of rotatable bonds is 5. The molecule has 132 valence electrons. The molecule has 2 N–H and O–H groups in total. The molecule has 0 bridgehead atoms. The number of amides is 1. The first-order valence-corrected chi connectivity index (χ1v) is 8.41. The molecule has 0 unspecified atom stereocenters. The molecule has 7 heteroatoms. The van der Waals surface area contributed by atoms with E-state index >= 15 is 0 Å². The minimum Gasteiger partial charge on any atom is -0.497 e. The lowest BCUT2D eigenvalue weighted by Crippen LogP contribution is -2.39. The Morgan fingerprint density at radius 2 is 2.00 bits per heavy atom. The van der Waals surface area contributed by atoms with Crippen molar-refractivity contribution in [2.45, 2.75) is 18.9 Å². The predicted octanol–water partition coefficient (Wildman–Crippen LogP) is 1.93. The third kappa shape index (κ3) is 4.17. The highest BCUT2D eigenvalue weighted by molar-refractivity contribution is 5.91. The normalized spacial score (nSPS) is 14.9. The molecule has 0 atom stereocenters. The summed E-state index contributed by atoms with van der Waals surface area (Å²) in [7, 11) is 3.26. The Morgan fingerprint density at radius 3 is 2.64 bits per heavy atom. The highest BCUT2D eigenvalue weighted by Gasteiger charge is 2.20. The van der Waals surface area contributed by atoms with Gasteiger partial charge in [0.25, 0.3) is 5.91 Å². The average molecular weight is 341 g/mol. The van der Waals surface area contributed by atoms with E-state index in [4.69, 9.17) is 4.74 Å². The van der Waals surface area contributed by atoms with E-state index in [0.29, 0.717) is 11.7 Å². The van der Waals surface area contributed by atoms with Crippen molar-refractivity contribution in [1.29, 1.82) is 0 Å². The molecule has 3 rings (SSSR count). The summed E-state index contributed by atoms with van der Waals surface area (Å²) in [6.07, 6.45) is 2.02. The second kappa shape index (κ2) is 7.83. The number of carbonyl (C=O) groups excluding carboxylic acids is 1. The fourth-order valence-corrected chi connectivity index (χ4v) is 2.94. The molecule has 0 saturated carbocycles. The van der Waals surface area contributed by atoms with E-state index in [-0.39, 0.29) is 5.91 Å². The van der Waals surface area contributed by atoms with Crippen LogP contribution in [0, 0.1) is 0 Å². The van der Waals surface area contributed by atoms with Crippen molar-refractivity contribution in [1.82, 2.24) is 15.5 Å². The summed E-state index contributed by atoms with van der Waals surface area (Å²) in [6.45, 7) is 1.80. The quantitative estimate of drug-likeness (QED) is 0.865. The van der Waals surface area contributed by atoms with Crippen LogP contribution in [0.25, 0.3) is 0 Å². The van der Waals surface area contributed by atoms with Crippen molar-refractivity contribution in [3.63, 3.8) is 0 Å². The molecule has 1 fully saturated rings. The topological polar surface area (TPSA) is 79.4 Å². The van der Waals surface area contributed by atoms with E-state index in [0.717, 1.165) is 43.2 Å². The number of anilines is 2. The Bertz CT molecular complexity index is 712. The van der Waals surface area contributed by atoms with Gasteiger partial charge in [-0.2, -0.15) is 0 Å². The fourth-order valence-electron chi connectivity index (χ4n) is 2.94. The SMILES string of the molecule is CNC(=O)c1ccc(N2CCC(Nc3cccc(OC)c3)CC2)nn1. The summed E-state index contributed by atoms with van der Waals surface area (Å²) >= 11 is 0. The number of piperidine rings is 1. The number of nitrogens with one attached hydrogen (secondary N) is 2. The van der Waals surface area contributed by atoms with Crippen molar-refractivity contribution in [3.05, 3.63) is 42.1 Å². The average Bonchev–Trinajstić information content (AvgIpc) is 2.68. The number of ether oxygens (including phenoxy) is 1. The van der Waals surface area contributed by atoms with Gasteiger partial charge in [-0.1, -0.05) is 6.07 Å². The summed E-state index contributed by atoms with van der Waals surface area (Å²) in [5.74, 6) is 1.45. The highest BCUT2D eigenvalue weighted by Crippen LogP contribution is 2.22. The molecule has 0 spiro atoms. The van der Waals surface area contributed by atoms with Crippen LogP contribution in [0.4, 0.5) is 11.5 Å². The van der Waals surface area contributed by atoms with Crippen molar-refractivity contribution in [2.75, 3.05) is 37.5 Å². The number of methoxy groups -OCH3 is 1. The first-order chi connectivity index (χ1) is 12.2. The lowest BCUT2D eigenvalue weighted by Gasteiger charge is -2.33. The van der Waals surface area contributed by atoms with Gasteiger partial charge in [0.15, 0.2) is 11.5 Å². The van der Waals surface area contributed by atoms with Crippen molar-refractivity contribution in [2.24, 2.45) is 0 Å². The minimum atomic E-state index is -0.222. The van der Waals surface area contributed by atoms with Crippen molar-refractivity contribution in [3.8, 4) is 5.75 Å². The molecule has 1 aromatic carbocycles. The summed E-state index contributed by atoms with van der Waals surface area (Å²) < 4.78 is 5.26. The van der Waals surface area contributed by atoms with Crippen molar-refractivity contribution >= 4 is 17.4 Å². The van der Waals surface area contributed by atoms with Gasteiger partial charge in [-0.3, -0.25) is 4.79 Å². The summed E-state index contributed by atoms with van der Waals surface area (Å²) in [5, 5.41) is 14.3. The van der Waals surface area contributed by atoms with Gasteiger partial charge >= 0.3 is 0 Å². The lowest BCUT2D eigenvalue weighted by molar-refractivity contribution is 0.0957. The molecular weight excluding hydrogens is 318 g/mol. The molecule has 1 aromatic heterocycles. The summed E-state index contributed by atoms with van der Waals surface area (Å²) in [4.78, 5) is 13.7. The van der Waals surface area contributed by atoms with Crippen molar-refractivity contribution < 1.29 is 9.53 Å². The number of hydrogen-bond donors (Lipinski definition) is 2. The third-order valence-electron chi connectivity index (χ3n) is 4.37. The molecular formula is C18H23N5O2. The summed E-state index contributed by atoms with van der Waals surface area (Å²) in [5.41, 5.74) is 1.41. The molecule has 1 saturated heterocycles. The molecule has 2 heterocycles. The maximum Gasteiger partial charge on any atom is 0.271 e. The summed E-state index contributed by atoms with van der Waals surface area (Å²) in [6, 6.07) is 12.0. The van der Waals surface area contributed by atoms with E-state index in [2.05, 4.69) is 31.8 Å². The fraction of sp³-hybridized carbons (Fsp3) is 0.389. The van der Waals surface area contributed by atoms with Crippen LogP contribution in [0.15, 0.2) is 36.4 Å². The molecule has 1 amide bonds. The second-order valence-corrected chi connectivity index (χ2v) is 5.99. The zero-order valence-electron chi connectivity index (χ0n) is 14.5. The third-order valence-corrected chi connectivity index (χ3v) is 4.37. The van der Waals surface area contributed by atoms with Crippen LogP contribution in [0.1, 0.15) is 23.3 Å². The van der Waals surface area contributed by atoms with Crippen LogP contribution >= 0.6 is 0 Å². The number of hydrogen-bond acceptors (Lipinski definition) is 6. The van der Waals surface area contributed by atoms with Gasteiger partial charge in [-0.15, -0.1) is 10.2 Å². The molecule has 1 aliphatic rings. The lowest BCUT2D eigenvalue weighted by atomic mass is 10.0. The number of aromatic nitrogens is 2. The van der Waals surface area contributed by atoms with Gasteiger partial charge < -0.3 is 20.3 Å². The minimum absolute atomic E-state index is 0.222. The zero-order chi connectivity index (χ0) is 17.6. The number of carbonyl (C=O) groups is 1. The van der Waals surface area contributed by atoms with Gasteiger partial charge in [0, 0.05) is 37.9 Å². The first-order valence-electron chi connectivity index (χ1n) is 8.41. The smallest absolute Gasteiger partial charge is 0.271 e. The Kier molecular flexibility index (Phi) is 5.33. The Balaban J connectivity index is 1.55. The standard InChI is InChI=1S/C18H23N5O2/c1-19-18(24)16-6-7-17(22-21-16)23-10-8-13(9-11-23)20-14-4-3-5-15(12-14)25-2/h3-7,12-13,20H,8-11H2,1-2H3,(H,19,24). The van der Waals surface area contributed by atoms with E-state index in [1.807, 2.05) is 24.3 Å². The second-order valence-electron chi connectivity index (χ2n) is 5.99. The Hall–Kier alpha value is -2.83. The maximum absolute atomic E-state index is 11.5. The van der Waals surface area contributed by atoms with Crippen LogP contribution in [0.3, 0.4) is 0 Å². The molecule has 0 radical (unpaired) electrons. The first kappa shape index (κ1) is 17.0. The highest BCUT2D eigenvalue weighted by atomic mass is 16.5. The Labute approximate surface area is 147 Å². The molecule has 0 aliphatic carbocycles. The van der Waals surface area contributed by atoms with E-state index in [1.54, 1.807) is 20.2 Å². The van der Waals surface area contributed by atoms with Gasteiger partial charge in [0.2, 0.25) is 0 Å². The van der Waals surface area contributed by atoms with Gasteiger partial charge in [0.05, 0.1) is 7.11 Å². The maximum atomic E-state index is 11.5. The van der Waals surface area contributed by atoms with Crippen LogP contribution in [0.5, 0.6) is 5.75 Å². The van der Waals surface area contributed by atoms with E-state index < -0.39 is 0 Å². The number of benzene rings is 1.